The predicted octanol–water partition coefficient (Wildman–Crippen LogP) is 1.68. The first-order valence-electron chi connectivity index (χ1n) is 8.09. The molecule has 0 bridgehead atoms. The van der Waals surface area contributed by atoms with Crippen molar-refractivity contribution in [3.63, 3.8) is 0 Å². The van der Waals surface area contributed by atoms with Crippen molar-refractivity contribution in [2.75, 3.05) is 11.4 Å². The third-order valence-electron chi connectivity index (χ3n) is 4.08. The summed E-state index contributed by atoms with van der Waals surface area (Å²) in [5, 5.41) is 5.06. The molecule has 134 valence electrons. The van der Waals surface area contributed by atoms with Gasteiger partial charge in [0.25, 0.3) is 5.91 Å². The zero-order valence-corrected chi connectivity index (χ0v) is 15.6. The lowest BCUT2D eigenvalue weighted by molar-refractivity contribution is -0.140. The second-order valence-corrected chi connectivity index (χ2v) is 6.65. The molecule has 2 N–H and O–H groups in total. The number of likely N-dealkylation sites (N-methyl/N-ethyl adjacent to an activating group) is 1. The van der Waals surface area contributed by atoms with Crippen LogP contribution < -0.4 is 15.5 Å². The SMILES string of the molecule is CCN1C(=O)C(NC(=O)C(=O)NCc2cccnc2)c2cc(Br)ccc21. The largest absolute Gasteiger partial charge is 0.344 e. The van der Waals surface area contributed by atoms with Crippen molar-refractivity contribution in [1.29, 1.82) is 0 Å². The molecule has 0 saturated heterocycles. The van der Waals surface area contributed by atoms with E-state index in [2.05, 4.69) is 31.5 Å². The first-order valence-corrected chi connectivity index (χ1v) is 8.89. The second kappa shape index (κ2) is 7.65. The summed E-state index contributed by atoms with van der Waals surface area (Å²) >= 11 is 3.37. The number of halogens is 1. The van der Waals surface area contributed by atoms with Crippen LogP contribution in [0.5, 0.6) is 0 Å². The van der Waals surface area contributed by atoms with Crippen molar-refractivity contribution in [2.24, 2.45) is 0 Å². The number of hydrogen-bond donors (Lipinski definition) is 2. The third-order valence-corrected chi connectivity index (χ3v) is 4.57. The van der Waals surface area contributed by atoms with Gasteiger partial charge in [-0.1, -0.05) is 22.0 Å². The number of pyridine rings is 1. The Morgan fingerprint density at radius 2 is 2.08 bits per heavy atom. The normalized spacial score (nSPS) is 15.5. The standard InChI is InChI=1S/C18H17BrN4O3/c1-2-23-14-6-5-12(19)8-13(14)15(18(23)26)22-17(25)16(24)21-10-11-4-3-7-20-9-11/h3-9,15H,2,10H2,1H3,(H,21,24)(H,22,25). The zero-order chi connectivity index (χ0) is 18.7. The maximum absolute atomic E-state index is 12.6. The molecule has 1 aliphatic rings. The Balaban J connectivity index is 1.70. The van der Waals surface area contributed by atoms with Gasteiger partial charge in [0.15, 0.2) is 0 Å². The molecule has 2 aromatic rings. The Kier molecular flexibility index (Phi) is 5.32. The lowest BCUT2D eigenvalue weighted by Crippen LogP contribution is -2.44. The Bertz CT molecular complexity index is 857. The summed E-state index contributed by atoms with van der Waals surface area (Å²) in [6.45, 7) is 2.52. The topological polar surface area (TPSA) is 91.4 Å². The summed E-state index contributed by atoms with van der Waals surface area (Å²) in [5.74, 6) is -1.90. The number of benzene rings is 1. The van der Waals surface area contributed by atoms with E-state index in [1.165, 1.54) is 0 Å². The average molecular weight is 417 g/mol. The summed E-state index contributed by atoms with van der Waals surface area (Å²) in [6, 6.07) is 8.08. The number of anilines is 1. The Labute approximate surface area is 158 Å². The van der Waals surface area contributed by atoms with E-state index in [1.807, 2.05) is 19.1 Å². The Morgan fingerprint density at radius 1 is 1.27 bits per heavy atom. The average Bonchev–Trinajstić information content (AvgIpc) is 2.91. The van der Waals surface area contributed by atoms with Crippen LogP contribution in [0.1, 0.15) is 24.1 Å². The van der Waals surface area contributed by atoms with Gasteiger partial charge < -0.3 is 15.5 Å². The number of nitrogens with one attached hydrogen (secondary N) is 2. The van der Waals surface area contributed by atoms with E-state index in [9.17, 15) is 14.4 Å². The maximum atomic E-state index is 12.6. The fourth-order valence-electron chi connectivity index (χ4n) is 2.84. The highest BCUT2D eigenvalue weighted by molar-refractivity contribution is 9.10. The van der Waals surface area contributed by atoms with E-state index in [1.54, 1.807) is 35.5 Å². The van der Waals surface area contributed by atoms with Crippen LogP contribution in [0.15, 0.2) is 47.2 Å². The minimum absolute atomic E-state index is 0.182. The molecular weight excluding hydrogens is 400 g/mol. The second-order valence-electron chi connectivity index (χ2n) is 5.74. The van der Waals surface area contributed by atoms with Crippen molar-refractivity contribution in [1.82, 2.24) is 15.6 Å². The number of aromatic nitrogens is 1. The molecular formula is C18H17BrN4O3. The monoisotopic (exact) mass is 416 g/mol. The molecule has 0 saturated carbocycles. The van der Waals surface area contributed by atoms with E-state index >= 15 is 0 Å². The van der Waals surface area contributed by atoms with Gasteiger partial charge in [-0.2, -0.15) is 0 Å². The third kappa shape index (κ3) is 3.60. The van der Waals surface area contributed by atoms with Crippen LogP contribution in [0.2, 0.25) is 0 Å². The first kappa shape index (κ1) is 18.1. The van der Waals surface area contributed by atoms with Crippen LogP contribution in [0.25, 0.3) is 0 Å². The first-order chi connectivity index (χ1) is 12.5. The molecule has 1 atom stereocenters. The van der Waals surface area contributed by atoms with Gasteiger partial charge in [0, 0.05) is 41.2 Å². The molecule has 26 heavy (non-hydrogen) atoms. The molecule has 0 fully saturated rings. The summed E-state index contributed by atoms with van der Waals surface area (Å²) in [6.07, 6.45) is 3.23. The number of carbonyl (C=O) groups is 3. The van der Waals surface area contributed by atoms with Gasteiger partial charge in [-0.15, -0.1) is 0 Å². The minimum atomic E-state index is -0.876. The summed E-state index contributed by atoms with van der Waals surface area (Å²) in [5.41, 5.74) is 2.18. The summed E-state index contributed by atoms with van der Waals surface area (Å²) in [7, 11) is 0. The van der Waals surface area contributed by atoms with Gasteiger partial charge in [-0.3, -0.25) is 19.4 Å². The smallest absolute Gasteiger partial charge is 0.310 e. The fourth-order valence-corrected chi connectivity index (χ4v) is 3.22. The lowest BCUT2D eigenvalue weighted by atomic mass is 10.1. The predicted molar refractivity (Wildman–Crippen MR) is 99.1 cm³/mol. The minimum Gasteiger partial charge on any atom is -0.344 e. The molecule has 2 heterocycles. The van der Waals surface area contributed by atoms with Crippen molar-refractivity contribution in [3.8, 4) is 0 Å². The quantitative estimate of drug-likeness (QED) is 0.741. The van der Waals surface area contributed by atoms with Crippen LogP contribution in [0.4, 0.5) is 5.69 Å². The van der Waals surface area contributed by atoms with Crippen LogP contribution in [0.3, 0.4) is 0 Å². The molecule has 1 unspecified atom stereocenters. The van der Waals surface area contributed by atoms with E-state index in [0.29, 0.717) is 12.1 Å². The van der Waals surface area contributed by atoms with E-state index in [4.69, 9.17) is 0 Å². The highest BCUT2D eigenvalue weighted by Gasteiger charge is 2.38. The number of nitrogens with zero attached hydrogens (tertiary/aromatic N) is 2. The molecule has 1 aliphatic heterocycles. The molecule has 0 radical (unpaired) electrons. The van der Waals surface area contributed by atoms with Crippen molar-refractivity contribution in [2.45, 2.75) is 19.5 Å². The van der Waals surface area contributed by atoms with Crippen LogP contribution >= 0.6 is 15.9 Å². The van der Waals surface area contributed by atoms with Gasteiger partial charge in [-0.05, 0) is 36.8 Å². The van der Waals surface area contributed by atoms with Gasteiger partial charge in [0.1, 0.15) is 6.04 Å². The summed E-state index contributed by atoms with van der Waals surface area (Å²) in [4.78, 5) is 42.4. The van der Waals surface area contributed by atoms with Gasteiger partial charge in [-0.25, -0.2) is 0 Å². The molecule has 0 spiro atoms. The van der Waals surface area contributed by atoms with E-state index < -0.39 is 17.9 Å². The molecule has 0 aliphatic carbocycles. The van der Waals surface area contributed by atoms with E-state index in [-0.39, 0.29) is 12.5 Å². The number of rotatable bonds is 4. The number of carbonyl (C=O) groups excluding carboxylic acids is 3. The van der Waals surface area contributed by atoms with Crippen LogP contribution in [0, 0.1) is 0 Å². The lowest BCUT2D eigenvalue weighted by Gasteiger charge is -2.15. The van der Waals surface area contributed by atoms with Gasteiger partial charge in [0.2, 0.25) is 0 Å². The molecule has 3 amide bonds. The van der Waals surface area contributed by atoms with E-state index in [0.717, 1.165) is 15.7 Å². The number of amides is 3. The maximum Gasteiger partial charge on any atom is 0.310 e. The molecule has 3 rings (SSSR count). The highest BCUT2D eigenvalue weighted by Crippen LogP contribution is 2.37. The molecule has 8 heteroatoms. The molecule has 1 aromatic heterocycles. The van der Waals surface area contributed by atoms with Crippen molar-refractivity contribution >= 4 is 39.3 Å². The van der Waals surface area contributed by atoms with Gasteiger partial charge >= 0.3 is 11.8 Å². The number of hydrogen-bond acceptors (Lipinski definition) is 4. The molecule has 7 nitrogen and oxygen atoms in total. The Hall–Kier alpha value is -2.74. The van der Waals surface area contributed by atoms with Crippen molar-refractivity contribution < 1.29 is 14.4 Å². The fraction of sp³-hybridized carbons (Fsp3) is 0.222. The highest BCUT2D eigenvalue weighted by atomic mass is 79.9. The van der Waals surface area contributed by atoms with Gasteiger partial charge in [0.05, 0.1) is 0 Å². The zero-order valence-electron chi connectivity index (χ0n) is 14.0. The Morgan fingerprint density at radius 3 is 2.77 bits per heavy atom. The van der Waals surface area contributed by atoms with Crippen LogP contribution in [-0.2, 0) is 20.9 Å². The van der Waals surface area contributed by atoms with Crippen LogP contribution in [-0.4, -0.2) is 29.3 Å². The number of fused-ring (bicyclic) bond motifs is 1. The molecule has 1 aromatic carbocycles. The summed E-state index contributed by atoms with van der Waals surface area (Å²) < 4.78 is 0.794. The van der Waals surface area contributed by atoms with Crippen molar-refractivity contribution in [3.05, 3.63) is 58.3 Å².